The monoisotopic (exact) mass is 266 g/mol. The summed E-state index contributed by atoms with van der Waals surface area (Å²) in [6, 6.07) is 8.57. The Morgan fingerprint density at radius 2 is 1.84 bits per heavy atom. The SMILES string of the molecule is NC1[C@H](O)CN(C(=O)OCc2ccccc2)C[C@@H]1O. The molecule has 19 heavy (non-hydrogen) atoms. The maximum Gasteiger partial charge on any atom is 0.410 e. The number of nitrogens with two attached hydrogens (primary N) is 1. The Labute approximate surface area is 111 Å². The van der Waals surface area contributed by atoms with Gasteiger partial charge in [-0.1, -0.05) is 30.3 Å². The van der Waals surface area contributed by atoms with Gasteiger partial charge in [-0.2, -0.15) is 0 Å². The van der Waals surface area contributed by atoms with Crippen LogP contribution in [0.3, 0.4) is 0 Å². The van der Waals surface area contributed by atoms with Crippen molar-refractivity contribution in [3.63, 3.8) is 0 Å². The summed E-state index contributed by atoms with van der Waals surface area (Å²) in [6.45, 7) is 0.312. The molecular formula is C13H18N2O4. The smallest absolute Gasteiger partial charge is 0.410 e. The summed E-state index contributed by atoms with van der Waals surface area (Å²) < 4.78 is 5.12. The minimum Gasteiger partial charge on any atom is -0.445 e. The van der Waals surface area contributed by atoms with Crippen LogP contribution in [-0.4, -0.2) is 52.5 Å². The highest BCUT2D eigenvalue weighted by atomic mass is 16.6. The second-order valence-electron chi connectivity index (χ2n) is 4.66. The fourth-order valence-corrected chi connectivity index (χ4v) is 1.99. The van der Waals surface area contributed by atoms with Gasteiger partial charge in [-0.25, -0.2) is 4.79 Å². The normalized spacial score (nSPS) is 27.1. The Balaban J connectivity index is 1.87. The standard InChI is InChI=1S/C13H18N2O4/c14-12-10(16)6-15(7-11(12)17)13(18)19-8-9-4-2-1-3-5-9/h1-5,10-12,16-17H,6-8,14H2/t10-,11+,12?. The van der Waals surface area contributed by atoms with E-state index in [0.29, 0.717) is 0 Å². The zero-order chi connectivity index (χ0) is 13.8. The lowest BCUT2D eigenvalue weighted by Gasteiger charge is -2.36. The lowest BCUT2D eigenvalue weighted by Crippen LogP contribution is -2.60. The molecule has 2 rings (SSSR count). The first-order chi connectivity index (χ1) is 9.08. The van der Waals surface area contributed by atoms with Crippen LogP contribution in [0, 0.1) is 0 Å². The number of piperidine rings is 1. The maximum absolute atomic E-state index is 11.8. The van der Waals surface area contributed by atoms with Gasteiger partial charge in [0.25, 0.3) is 0 Å². The molecule has 1 unspecified atom stereocenters. The molecule has 4 N–H and O–H groups in total. The molecule has 6 heteroatoms. The van der Waals surface area contributed by atoms with Gasteiger partial charge in [0.2, 0.25) is 0 Å². The Hall–Kier alpha value is -1.63. The molecular weight excluding hydrogens is 248 g/mol. The number of nitrogens with zero attached hydrogens (tertiary/aromatic N) is 1. The van der Waals surface area contributed by atoms with E-state index < -0.39 is 24.3 Å². The zero-order valence-corrected chi connectivity index (χ0v) is 10.5. The summed E-state index contributed by atoms with van der Waals surface area (Å²) in [5.74, 6) is 0. The third kappa shape index (κ3) is 3.44. The predicted octanol–water partition coefficient (Wildman–Crippen LogP) is -0.312. The fourth-order valence-electron chi connectivity index (χ4n) is 1.99. The molecule has 104 valence electrons. The molecule has 1 aliphatic heterocycles. The number of β-amino-alcohol motifs (C(OH)–C–C–N with tert-alkyl or cyclic N) is 2. The van der Waals surface area contributed by atoms with Crippen LogP contribution in [0.5, 0.6) is 0 Å². The van der Waals surface area contributed by atoms with Gasteiger partial charge in [0, 0.05) is 0 Å². The van der Waals surface area contributed by atoms with Crippen molar-refractivity contribution < 1.29 is 19.7 Å². The molecule has 1 aromatic carbocycles. The molecule has 0 saturated carbocycles. The van der Waals surface area contributed by atoms with Crippen LogP contribution >= 0.6 is 0 Å². The molecule has 1 aliphatic rings. The van der Waals surface area contributed by atoms with Gasteiger partial charge in [-0.15, -0.1) is 0 Å². The van der Waals surface area contributed by atoms with Crippen LogP contribution in [0.1, 0.15) is 5.56 Å². The van der Waals surface area contributed by atoms with E-state index in [1.54, 1.807) is 0 Å². The van der Waals surface area contributed by atoms with Gasteiger partial charge in [0.15, 0.2) is 0 Å². The zero-order valence-electron chi connectivity index (χ0n) is 10.5. The van der Waals surface area contributed by atoms with Crippen LogP contribution in [0.25, 0.3) is 0 Å². The van der Waals surface area contributed by atoms with E-state index in [1.165, 1.54) is 4.90 Å². The molecule has 0 aromatic heterocycles. The number of amides is 1. The van der Waals surface area contributed by atoms with Crippen LogP contribution in [0.2, 0.25) is 0 Å². The topological polar surface area (TPSA) is 96.0 Å². The fraction of sp³-hybridized carbons (Fsp3) is 0.462. The molecule has 1 heterocycles. The first-order valence-corrected chi connectivity index (χ1v) is 6.15. The average molecular weight is 266 g/mol. The van der Waals surface area contributed by atoms with E-state index in [-0.39, 0.29) is 19.7 Å². The minimum atomic E-state index is -0.937. The number of aliphatic hydroxyl groups excluding tert-OH is 2. The van der Waals surface area contributed by atoms with Crippen LogP contribution in [0.4, 0.5) is 4.79 Å². The highest BCUT2D eigenvalue weighted by molar-refractivity contribution is 5.68. The molecule has 3 atom stereocenters. The summed E-state index contributed by atoms with van der Waals surface area (Å²) in [6.07, 6.45) is -2.44. The maximum atomic E-state index is 11.8. The second kappa shape index (κ2) is 6.01. The number of ether oxygens (including phenoxy) is 1. The number of benzene rings is 1. The number of rotatable bonds is 2. The summed E-state index contributed by atoms with van der Waals surface area (Å²) >= 11 is 0. The minimum absolute atomic E-state index is 0.0752. The van der Waals surface area contributed by atoms with E-state index in [1.807, 2.05) is 30.3 Å². The average Bonchev–Trinajstić information content (AvgIpc) is 2.42. The van der Waals surface area contributed by atoms with Gasteiger partial charge in [-0.05, 0) is 5.56 Å². The van der Waals surface area contributed by atoms with E-state index in [9.17, 15) is 15.0 Å². The Bertz CT molecular complexity index is 414. The number of aliphatic hydroxyl groups is 2. The Morgan fingerprint density at radius 1 is 1.26 bits per heavy atom. The summed E-state index contributed by atoms with van der Waals surface area (Å²) in [4.78, 5) is 13.1. The van der Waals surface area contributed by atoms with Crippen molar-refractivity contribution in [1.29, 1.82) is 0 Å². The predicted molar refractivity (Wildman–Crippen MR) is 68.2 cm³/mol. The van der Waals surface area contributed by atoms with Crippen molar-refractivity contribution in [2.24, 2.45) is 5.73 Å². The van der Waals surface area contributed by atoms with Crippen LogP contribution in [0.15, 0.2) is 30.3 Å². The number of hydrogen-bond donors (Lipinski definition) is 3. The van der Waals surface area contributed by atoms with Crippen molar-refractivity contribution in [2.75, 3.05) is 13.1 Å². The molecule has 0 radical (unpaired) electrons. The Kier molecular flexibility index (Phi) is 4.36. The highest BCUT2D eigenvalue weighted by Crippen LogP contribution is 2.12. The summed E-state index contributed by atoms with van der Waals surface area (Å²) in [7, 11) is 0. The second-order valence-corrected chi connectivity index (χ2v) is 4.66. The van der Waals surface area contributed by atoms with E-state index in [0.717, 1.165) is 5.56 Å². The van der Waals surface area contributed by atoms with Gasteiger partial charge >= 0.3 is 6.09 Å². The number of hydrogen-bond acceptors (Lipinski definition) is 5. The van der Waals surface area contributed by atoms with Crippen molar-refractivity contribution in [2.45, 2.75) is 24.9 Å². The van der Waals surface area contributed by atoms with Crippen molar-refractivity contribution >= 4 is 6.09 Å². The van der Waals surface area contributed by atoms with Gasteiger partial charge in [0.05, 0.1) is 31.3 Å². The van der Waals surface area contributed by atoms with Crippen molar-refractivity contribution in [3.05, 3.63) is 35.9 Å². The van der Waals surface area contributed by atoms with E-state index in [4.69, 9.17) is 10.5 Å². The Morgan fingerprint density at radius 3 is 2.42 bits per heavy atom. The molecule has 1 saturated heterocycles. The summed E-state index contributed by atoms with van der Waals surface area (Å²) in [5.41, 5.74) is 6.45. The third-order valence-electron chi connectivity index (χ3n) is 3.17. The number of carbonyl (C=O) groups excluding carboxylic acids is 1. The lowest BCUT2D eigenvalue weighted by atomic mass is 10.0. The van der Waals surface area contributed by atoms with Crippen molar-refractivity contribution in [1.82, 2.24) is 4.90 Å². The van der Waals surface area contributed by atoms with Gasteiger partial charge in [0.1, 0.15) is 6.61 Å². The third-order valence-corrected chi connectivity index (χ3v) is 3.17. The van der Waals surface area contributed by atoms with E-state index >= 15 is 0 Å². The van der Waals surface area contributed by atoms with Gasteiger partial charge in [-0.3, -0.25) is 0 Å². The molecule has 1 fully saturated rings. The molecule has 6 nitrogen and oxygen atoms in total. The quantitative estimate of drug-likeness (QED) is 0.682. The first-order valence-electron chi connectivity index (χ1n) is 6.15. The largest absolute Gasteiger partial charge is 0.445 e. The van der Waals surface area contributed by atoms with Crippen molar-refractivity contribution in [3.8, 4) is 0 Å². The molecule has 0 bridgehead atoms. The van der Waals surface area contributed by atoms with E-state index in [2.05, 4.69) is 0 Å². The molecule has 1 amide bonds. The number of carbonyl (C=O) groups is 1. The van der Waals surface area contributed by atoms with Crippen LogP contribution < -0.4 is 5.73 Å². The highest BCUT2D eigenvalue weighted by Gasteiger charge is 2.35. The first kappa shape index (κ1) is 13.8. The number of likely N-dealkylation sites (tertiary alicyclic amines) is 1. The summed E-state index contributed by atoms with van der Waals surface area (Å²) in [5, 5.41) is 19.2. The molecule has 1 aromatic rings. The molecule has 0 spiro atoms. The lowest BCUT2D eigenvalue weighted by molar-refractivity contribution is -0.0264. The molecule has 0 aliphatic carbocycles. The van der Waals surface area contributed by atoms with Crippen LogP contribution in [-0.2, 0) is 11.3 Å². The van der Waals surface area contributed by atoms with Gasteiger partial charge < -0.3 is 25.6 Å².